The Kier molecular flexibility index (Phi) is 4.41. The number of nitrogens with one attached hydrogen (secondary N) is 1. The van der Waals surface area contributed by atoms with Crippen molar-refractivity contribution >= 4 is 11.6 Å². The Morgan fingerprint density at radius 1 is 1.00 bits per heavy atom. The molecule has 0 radical (unpaired) electrons. The fourth-order valence-corrected chi connectivity index (χ4v) is 1.89. The molecular formula is C17H20N2O. The Labute approximate surface area is 119 Å². The van der Waals surface area contributed by atoms with E-state index in [0.717, 1.165) is 16.8 Å². The molecule has 20 heavy (non-hydrogen) atoms. The van der Waals surface area contributed by atoms with Gasteiger partial charge in [-0.15, -0.1) is 0 Å². The molecule has 0 unspecified atom stereocenters. The van der Waals surface area contributed by atoms with Crippen LogP contribution in [0.4, 0.5) is 5.69 Å². The Hall–Kier alpha value is -2.29. The molecule has 3 heteroatoms. The van der Waals surface area contributed by atoms with Gasteiger partial charge < -0.3 is 11.1 Å². The van der Waals surface area contributed by atoms with E-state index >= 15 is 0 Å². The van der Waals surface area contributed by atoms with E-state index in [2.05, 4.69) is 19.2 Å². The van der Waals surface area contributed by atoms with Crippen LogP contribution in [0.25, 0.3) is 11.1 Å². The quantitative estimate of drug-likeness (QED) is 0.836. The van der Waals surface area contributed by atoms with Crippen LogP contribution in [-0.2, 0) is 0 Å². The van der Waals surface area contributed by atoms with Crippen molar-refractivity contribution in [1.29, 1.82) is 0 Å². The number of rotatable bonds is 4. The molecule has 3 nitrogen and oxygen atoms in total. The molecule has 0 spiro atoms. The number of nitrogen functional groups attached to an aromatic ring is 1. The lowest BCUT2D eigenvalue weighted by atomic mass is 10.0. The van der Waals surface area contributed by atoms with Crippen LogP contribution in [0, 0.1) is 5.92 Å². The predicted octanol–water partition coefficient (Wildman–Crippen LogP) is 3.32. The first kappa shape index (κ1) is 14.1. The average molecular weight is 268 g/mol. The average Bonchev–Trinajstić information content (AvgIpc) is 2.46. The summed E-state index contributed by atoms with van der Waals surface area (Å²) >= 11 is 0. The highest BCUT2D eigenvalue weighted by molar-refractivity contribution is 5.94. The van der Waals surface area contributed by atoms with Crippen LogP contribution >= 0.6 is 0 Å². The normalized spacial score (nSPS) is 10.6. The number of hydrogen-bond donors (Lipinski definition) is 2. The molecule has 0 fully saturated rings. The molecule has 1 amide bonds. The summed E-state index contributed by atoms with van der Waals surface area (Å²) in [7, 11) is 0. The van der Waals surface area contributed by atoms with Gasteiger partial charge in [0.15, 0.2) is 0 Å². The highest BCUT2D eigenvalue weighted by Crippen LogP contribution is 2.20. The van der Waals surface area contributed by atoms with Gasteiger partial charge in [-0.05, 0) is 41.3 Å². The van der Waals surface area contributed by atoms with E-state index in [0.29, 0.717) is 18.0 Å². The lowest BCUT2D eigenvalue weighted by Gasteiger charge is -2.08. The molecule has 2 aromatic carbocycles. The van der Waals surface area contributed by atoms with Gasteiger partial charge in [0.1, 0.15) is 0 Å². The van der Waals surface area contributed by atoms with E-state index in [1.165, 1.54) is 0 Å². The Morgan fingerprint density at radius 2 is 1.50 bits per heavy atom. The third-order valence-corrected chi connectivity index (χ3v) is 3.06. The van der Waals surface area contributed by atoms with Gasteiger partial charge in [-0.25, -0.2) is 0 Å². The van der Waals surface area contributed by atoms with Gasteiger partial charge >= 0.3 is 0 Å². The maximum Gasteiger partial charge on any atom is 0.251 e. The van der Waals surface area contributed by atoms with E-state index < -0.39 is 0 Å². The van der Waals surface area contributed by atoms with Crippen molar-refractivity contribution in [2.24, 2.45) is 5.92 Å². The Morgan fingerprint density at radius 3 is 2.00 bits per heavy atom. The summed E-state index contributed by atoms with van der Waals surface area (Å²) in [4.78, 5) is 11.9. The second-order valence-electron chi connectivity index (χ2n) is 5.30. The minimum absolute atomic E-state index is 0.0254. The Balaban J connectivity index is 2.10. The molecule has 2 rings (SSSR count). The molecule has 3 N–H and O–H groups in total. The number of carbonyl (C=O) groups is 1. The van der Waals surface area contributed by atoms with Crippen LogP contribution in [0.2, 0.25) is 0 Å². The van der Waals surface area contributed by atoms with Crippen LogP contribution in [0.1, 0.15) is 24.2 Å². The summed E-state index contributed by atoms with van der Waals surface area (Å²) in [5.41, 5.74) is 9.27. The minimum Gasteiger partial charge on any atom is -0.399 e. The maximum atomic E-state index is 11.9. The fraction of sp³-hybridized carbons (Fsp3) is 0.235. The molecule has 0 aliphatic carbocycles. The molecule has 0 saturated heterocycles. The van der Waals surface area contributed by atoms with Crippen molar-refractivity contribution in [3.63, 3.8) is 0 Å². The Bertz CT molecular complexity index is 571. The van der Waals surface area contributed by atoms with Gasteiger partial charge in [0.25, 0.3) is 5.91 Å². The summed E-state index contributed by atoms with van der Waals surface area (Å²) < 4.78 is 0. The number of nitrogens with two attached hydrogens (primary N) is 1. The molecule has 0 saturated carbocycles. The van der Waals surface area contributed by atoms with Gasteiger partial charge in [-0.3, -0.25) is 4.79 Å². The summed E-state index contributed by atoms with van der Waals surface area (Å²) in [6.07, 6.45) is 0. The first-order chi connectivity index (χ1) is 9.56. The molecule has 104 valence electrons. The predicted molar refractivity (Wildman–Crippen MR) is 83.5 cm³/mol. The lowest BCUT2D eigenvalue weighted by molar-refractivity contribution is 0.0949. The summed E-state index contributed by atoms with van der Waals surface area (Å²) in [5.74, 6) is 0.426. The van der Waals surface area contributed by atoms with E-state index in [1.54, 1.807) is 0 Å². The van der Waals surface area contributed by atoms with Crippen LogP contribution in [-0.4, -0.2) is 12.5 Å². The summed E-state index contributed by atoms with van der Waals surface area (Å²) in [6.45, 7) is 4.84. The molecule has 0 aromatic heterocycles. The molecular weight excluding hydrogens is 248 g/mol. The van der Waals surface area contributed by atoms with Crippen LogP contribution in [0.3, 0.4) is 0 Å². The number of amides is 1. The zero-order chi connectivity index (χ0) is 14.5. The van der Waals surface area contributed by atoms with Gasteiger partial charge in [0, 0.05) is 17.8 Å². The number of anilines is 1. The monoisotopic (exact) mass is 268 g/mol. The highest BCUT2D eigenvalue weighted by atomic mass is 16.1. The third-order valence-electron chi connectivity index (χ3n) is 3.06. The first-order valence-corrected chi connectivity index (χ1v) is 6.80. The zero-order valence-corrected chi connectivity index (χ0v) is 11.9. The molecule has 0 aliphatic rings. The van der Waals surface area contributed by atoms with Crippen molar-refractivity contribution in [1.82, 2.24) is 5.32 Å². The minimum atomic E-state index is -0.0254. The van der Waals surface area contributed by atoms with Crippen molar-refractivity contribution in [2.45, 2.75) is 13.8 Å². The number of carbonyl (C=O) groups excluding carboxylic acids is 1. The maximum absolute atomic E-state index is 11.9. The number of hydrogen-bond acceptors (Lipinski definition) is 2. The SMILES string of the molecule is CC(C)CNC(=O)c1ccc(-c2ccc(N)cc2)cc1. The largest absolute Gasteiger partial charge is 0.399 e. The highest BCUT2D eigenvalue weighted by Gasteiger charge is 2.06. The van der Waals surface area contributed by atoms with E-state index in [9.17, 15) is 4.79 Å². The standard InChI is InChI=1S/C17H20N2O/c1-12(2)11-19-17(20)15-5-3-13(4-6-15)14-7-9-16(18)10-8-14/h3-10,12H,11,18H2,1-2H3,(H,19,20). The van der Waals surface area contributed by atoms with Crippen LogP contribution < -0.4 is 11.1 Å². The van der Waals surface area contributed by atoms with Gasteiger partial charge in [0.05, 0.1) is 0 Å². The van der Waals surface area contributed by atoms with E-state index in [4.69, 9.17) is 5.73 Å². The van der Waals surface area contributed by atoms with Crippen LogP contribution in [0.15, 0.2) is 48.5 Å². The smallest absolute Gasteiger partial charge is 0.251 e. The van der Waals surface area contributed by atoms with Gasteiger partial charge in [0.2, 0.25) is 0 Å². The van der Waals surface area contributed by atoms with Crippen molar-refractivity contribution in [3.05, 3.63) is 54.1 Å². The number of benzene rings is 2. The topological polar surface area (TPSA) is 55.1 Å². The molecule has 0 heterocycles. The van der Waals surface area contributed by atoms with E-state index in [-0.39, 0.29) is 5.91 Å². The third kappa shape index (κ3) is 3.60. The molecule has 0 aliphatic heterocycles. The summed E-state index contributed by atoms with van der Waals surface area (Å²) in [5, 5.41) is 2.91. The second-order valence-corrected chi connectivity index (χ2v) is 5.30. The molecule has 0 atom stereocenters. The lowest BCUT2D eigenvalue weighted by Crippen LogP contribution is -2.27. The summed E-state index contributed by atoms with van der Waals surface area (Å²) in [6, 6.07) is 15.3. The van der Waals surface area contributed by atoms with Gasteiger partial charge in [-0.1, -0.05) is 38.1 Å². The van der Waals surface area contributed by atoms with E-state index in [1.807, 2.05) is 48.5 Å². The zero-order valence-electron chi connectivity index (χ0n) is 11.9. The van der Waals surface area contributed by atoms with Crippen molar-refractivity contribution < 1.29 is 4.79 Å². The second kappa shape index (κ2) is 6.24. The van der Waals surface area contributed by atoms with Gasteiger partial charge in [-0.2, -0.15) is 0 Å². The fourth-order valence-electron chi connectivity index (χ4n) is 1.89. The van der Waals surface area contributed by atoms with Crippen molar-refractivity contribution in [3.8, 4) is 11.1 Å². The molecule has 0 bridgehead atoms. The molecule has 2 aromatic rings. The van der Waals surface area contributed by atoms with Crippen molar-refractivity contribution in [2.75, 3.05) is 12.3 Å². The first-order valence-electron chi connectivity index (χ1n) is 6.80. The van der Waals surface area contributed by atoms with Crippen LogP contribution in [0.5, 0.6) is 0 Å².